The average Bonchev–Trinajstić information content (AvgIpc) is 2.74. The number of rotatable bonds is 4. The molecule has 0 fully saturated rings. The Balaban J connectivity index is 1.91. The van der Waals surface area contributed by atoms with E-state index in [1.807, 2.05) is 61.5 Å². The SMILES string of the molecule is CCS(=O)c1cc(-c2ccc(Br)cc2)ccc1-c1ccc2ccccc2c1Cl. The van der Waals surface area contributed by atoms with Gasteiger partial charge in [-0.15, -0.1) is 0 Å². The second-order valence-electron chi connectivity index (χ2n) is 6.50. The molecule has 1 nitrogen and oxygen atoms in total. The first-order valence-electron chi connectivity index (χ1n) is 9.04. The second-order valence-corrected chi connectivity index (χ2v) is 9.50. The molecule has 1 atom stereocenters. The lowest BCUT2D eigenvalue weighted by Gasteiger charge is -2.14. The molecule has 0 heterocycles. The highest BCUT2D eigenvalue weighted by Gasteiger charge is 2.16. The van der Waals surface area contributed by atoms with Crippen molar-refractivity contribution in [2.75, 3.05) is 5.75 Å². The van der Waals surface area contributed by atoms with Gasteiger partial charge in [-0.25, -0.2) is 0 Å². The van der Waals surface area contributed by atoms with Crippen molar-refractivity contribution in [2.24, 2.45) is 0 Å². The molecule has 0 radical (unpaired) electrons. The third-order valence-corrected chi connectivity index (χ3v) is 7.11. The van der Waals surface area contributed by atoms with E-state index in [-0.39, 0.29) is 0 Å². The molecular weight excluding hydrogens is 452 g/mol. The summed E-state index contributed by atoms with van der Waals surface area (Å²) < 4.78 is 13.9. The number of hydrogen-bond donors (Lipinski definition) is 0. The summed E-state index contributed by atoms with van der Waals surface area (Å²) in [5, 5.41) is 2.80. The zero-order valence-electron chi connectivity index (χ0n) is 15.3. The molecule has 4 rings (SSSR count). The normalized spacial score (nSPS) is 12.2. The Bertz CT molecular complexity index is 1190. The molecule has 0 aromatic heterocycles. The lowest BCUT2D eigenvalue weighted by atomic mass is 9.98. The predicted molar refractivity (Wildman–Crippen MR) is 124 cm³/mol. The monoisotopic (exact) mass is 468 g/mol. The van der Waals surface area contributed by atoms with E-state index >= 15 is 0 Å². The largest absolute Gasteiger partial charge is 0.254 e. The fraction of sp³-hybridized carbons (Fsp3) is 0.0833. The first kappa shape index (κ1) is 19.4. The summed E-state index contributed by atoms with van der Waals surface area (Å²) in [6.07, 6.45) is 0. The molecule has 0 saturated carbocycles. The molecule has 28 heavy (non-hydrogen) atoms. The van der Waals surface area contributed by atoms with Gasteiger partial charge in [0.2, 0.25) is 0 Å². The summed E-state index contributed by atoms with van der Waals surface area (Å²) in [6.45, 7) is 1.94. The van der Waals surface area contributed by atoms with Gasteiger partial charge in [-0.3, -0.25) is 4.21 Å². The van der Waals surface area contributed by atoms with Crippen molar-refractivity contribution in [3.05, 3.63) is 88.4 Å². The summed E-state index contributed by atoms with van der Waals surface area (Å²) in [7, 11) is -1.10. The second kappa shape index (κ2) is 8.20. The van der Waals surface area contributed by atoms with Crippen LogP contribution in [0, 0.1) is 0 Å². The molecule has 4 heteroatoms. The van der Waals surface area contributed by atoms with Gasteiger partial charge >= 0.3 is 0 Å². The van der Waals surface area contributed by atoms with Crippen LogP contribution < -0.4 is 0 Å². The first-order chi connectivity index (χ1) is 13.6. The van der Waals surface area contributed by atoms with Crippen molar-refractivity contribution in [1.82, 2.24) is 0 Å². The predicted octanol–water partition coefficient (Wildman–Crippen LogP) is 7.72. The fourth-order valence-corrected chi connectivity index (χ4v) is 4.95. The highest BCUT2D eigenvalue weighted by atomic mass is 79.9. The molecule has 0 saturated heterocycles. The van der Waals surface area contributed by atoms with Gasteiger partial charge in [-0.05, 0) is 40.3 Å². The van der Waals surface area contributed by atoms with Crippen LogP contribution in [0.5, 0.6) is 0 Å². The molecule has 4 aromatic carbocycles. The van der Waals surface area contributed by atoms with Gasteiger partial charge in [0, 0.05) is 26.1 Å². The Morgan fingerprint density at radius 2 is 1.54 bits per heavy atom. The minimum absolute atomic E-state index is 0.558. The summed E-state index contributed by atoms with van der Waals surface area (Å²) in [4.78, 5) is 0.820. The molecule has 0 amide bonds. The third-order valence-electron chi connectivity index (χ3n) is 4.82. The molecule has 4 aromatic rings. The number of halogens is 2. The van der Waals surface area contributed by atoms with E-state index in [0.717, 1.165) is 42.4 Å². The Hall–Kier alpha value is -1.94. The van der Waals surface area contributed by atoms with E-state index in [4.69, 9.17) is 11.6 Å². The standard InChI is InChI=1S/C24H18BrClOS/c1-2-28(27)23-15-18(16-7-11-19(25)12-8-16)10-13-21(23)22-14-9-17-5-3-4-6-20(17)24(22)26/h3-15H,2H2,1H3. The summed E-state index contributed by atoms with van der Waals surface area (Å²) >= 11 is 10.2. The van der Waals surface area contributed by atoms with E-state index in [1.54, 1.807) is 0 Å². The van der Waals surface area contributed by atoms with E-state index in [9.17, 15) is 4.21 Å². The van der Waals surface area contributed by atoms with Crippen molar-refractivity contribution in [3.8, 4) is 22.3 Å². The highest BCUT2D eigenvalue weighted by molar-refractivity contribution is 9.10. The van der Waals surface area contributed by atoms with Gasteiger partial charge in [-0.1, -0.05) is 95.1 Å². The topological polar surface area (TPSA) is 17.1 Å². The van der Waals surface area contributed by atoms with Crippen molar-refractivity contribution in [2.45, 2.75) is 11.8 Å². The van der Waals surface area contributed by atoms with E-state index in [1.165, 1.54) is 0 Å². The number of hydrogen-bond acceptors (Lipinski definition) is 1. The van der Waals surface area contributed by atoms with Crippen LogP contribution in [0.15, 0.2) is 88.2 Å². The minimum Gasteiger partial charge on any atom is -0.254 e. The van der Waals surface area contributed by atoms with Crippen LogP contribution in [-0.2, 0) is 10.8 Å². The van der Waals surface area contributed by atoms with Gasteiger partial charge in [0.25, 0.3) is 0 Å². The molecule has 140 valence electrons. The lowest BCUT2D eigenvalue weighted by Crippen LogP contribution is -1.98. The van der Waals surface area contributed by atoms with Crippen LogP contribution >= 0.6 is 27.5 Å². The summed E-state index contributed by atoms with van der Waals surface area (Å²) in [5.41, 5.74) is 3.98. The quantitative estimate of drug-likeness (QED) is 0.299. The van der Waals surface area contributed by atoms with Crippen molar-refractivity contribution < 1.29 is 4.21 Å². The van der Waals surface area contributed by atoms with Crippen molar-refractivity contribution >= 4 is 49.1 Å². The van der Waals surface area contributed by atoms with E-state index in [0.29, 0.717) is 10.8 Å². The van der Waals surface area contributed by atoms with Gasteiger partial charge in [-0.2, -0.15) is 0 Å². The van der Waals surface area contributed by atoms with Gasteiger partial charge in [0.15, 0.2) is 0 Å². The van der Waals surface area contributed by atoms with Crippen LogP contribution in [0.2, 0.25) is 5.02 Å². The number of fused-ring (bicyclic) bond motifs is 1. The maximum absolute atomic E-state index is 12.9. The van der Waals surface area contributed by atoms with Gasteiger partial charge in [0.05, 0.1) is 15.8 Å². The van der Waals surface area contributed by atoms with Gasteiger partial charge in [0.1, 0.15) is 0 Å². The molecule has 0 aliphatic carbocycles. The third kappa shape index (κ3) is 3.67. The average molecular weight is 470 g/mol. The zero-order chi connectivity index (χ0) is 19.7. The van der Waals surface area contributed by atoms with Crippen LogP contribution in [0.3, 0.4) is 0 Å². The Morgan fingerprint density at radius 1 is 0.857 bits per heavy atom. The van der Waals surface area contributed by atoms with Crippen LogP contribution in [0.4, 0.5) is 0 Å². The molecule has 0 aliphatic heterocycles. The Kier molecular flexibility index (Phi) is 5.68. The maximum atomic E-state index is 12.9. The molecule has 0 bridgehead atoms. The molecule has 0 N–H and O–H groups in total. The van der Waals surface area contributed by atoms with Crippen molar-refractivity contribution in [1.29, 1.82) is 0 Å². The summed E-state index contributed by atoms with van der Waals surface area (Å²) in [5.74, 6) is 0.558. The smallest absolute Gasteiger partial charge is 0.0563 e. The van der Waals surface area contributed by atoms with E-state index < -0.39 is 10.8 Å². The van der Waals surface area contributed by atoms with Crippen molar-refractivity contribution in [3.63, 3.8) is 0 Å². The Labute approximate surface area is 181 Å². The molecule has 0 spiro atoms. The van der Waals surface area contributed by atoms with Crippen LogP contribution in [0.25, 0.3) is 33.0 Å². The fourth-order valence-electron chi connectivity index (χ4n) is 3.35. The number of benzene rings is 4. The Morgan fingerprint density at radius 3 is 2.29 bits per heavy atom. The minimum atomic E-state index is -1.10. The summed E-state index contributed by atoms with van der Waals surface area (Å²) in [6, 6.07) is 26.4. The zero-order valence-corrected chi connectivity index (χ0v) is 18.4. The maximum Gasteiger partial charge on any atom is 0.0563 e. The molecule has 1 unspecified atom stereocenters. The van der Waals surface area contributed by atoms with Crippen LogP contribution in [-0.4, -0.2) is 9.96 Å². The molecular formula is C24H18BrClOS. The molecule has 0 aliphatic rings. The van der Waals surface area contributed by atoms with Crippen LogP contribution in [0.1, 0.15) is 6.92 Å². The first-order valence-corrected chi connectivity index (χ1v) is 11.5. The lowest BCUT2D eigenvalue weighted by molar-refractivity contribution is 0.684. The van der Waals surface area contributed by atoms with Gasteiger partial charge < -0.3 is 0 Å². The van der Waals surface area contributed by atoms with E-state index in [2.05, 4.69) is 40.2 Å². The highest BCUT2D eigenvalue weighted by Crippen LogP contribution is 2.38.